The van der Waals surface area contributed by atoms with Gasteiger partial charge in [0, 0.05) is 19.2 Å². The predicted octanol–water partition coefficient (Wildman–Crippen LogP) is 2.87. The zero-order chi connectivity index (χ0) is 17.6. The summed E-state index contributed by atoms with van der Waals surface area (Å²) in [6, 6.07) is 4.59. The van der Waals surface area contributed by atoms with Gasteiger partial charge in [-0.1, -0.05) is 5.16 Å². The topological polar surface area (TPSA) is 77.0 Å². The minimum atomic E-state index is -2.67. The highest BCUT2D eigenvalue weighted by atomic mass is 19.3. The van der Waals surface area contributed by atoms with E-state index in [4.69, 9.17) is 4.52 Å². The van der Waals surface area contributed by atoms with Crippen LogP contribution in [-0.4, -0.2) is 37.0 Å². The smallest absolute Gasteiger partial charge is 0.295 e. The Bertz CT molecular complexity index is 922. The molecule has 1 aliphatic rings. The Morgan fingerprint density at radius 3 is 2.96 bits per heavy atom. The maximum Gasteiger partial charge on any atom is 0.295 e. The number of aromatic nitrogens is 4. The summed E-state index contributed by atoms with van der Waals surface area (Å²) in [5.74, 6) is -0.0337. The van der Waals surface area contributed by atoms with E-state index >= 15 is 0 Å². The molecule has 1 unspecified atom stereocenters. The Kier molecular flexibility index (Phi) is 3.70. The molecule has 1 atom stereocenters. The first-order valence-corrected chi connectivity index (χ1v) is 7.88. The number of nitrogens with zero attached hydrogens (tertiary/aromatic N) is 5. The molecule has 2 aromatic heterocycles. The van der Waals surface area contributed by atoms with Crippen molar-refractivity contribution >= 4 is 16.9 Å². The fourth-order valence-electron chi connectivity index (χ4n) is 3.32. The third-order valence-electron chi connectivity index (χ3n) is 4.55. The summed E-state index contributed by atoms with van der Waals surface area (Å²) in [7, 11) is 1.53. The molecule has 1 amide bonds. The van der Waals surface area contributed by atoms with Crippen molar-refractivity contribution in [2.45, 2.75) is 25.3 Å². The third-order valence-corrected chi connectivity index (χ3v) is 4.55. The second-order valence-corrected chi connectivity index (χ2v) is 5.98. The summed E-state index contributed by atoms with van der Waals surface area (Å²) >= 11 is 0. The number of fused-ring (bicyclic) bond motifs is 1. The van der Waals surface area contributed by atoms with E-state index in [1.165, 1.54) is 18.0 Å². The first kappa shape index (κ1) is 15.7. The molecule has 0 bridgehead atoms. The summed E-state index contributed by atoms with van der Waals surface area (Å²) in [5, 5.41) is 3.83. The second-order valence-electron chi connectivity index (χ2n) is 5.98. The fraction of sp³-hybridized carbons (Fsp3) is 0.375. The molecule has 9 heteroatoms. The van der Waals surface area contributed by atoms with Crippen molar-refractivity contribution in [3.63, 3.8) is 0 Å². The Labute approximate surface area is 141 Å². The predicted molar refractivity (Wildman–Crippen MR) is 83.0 cm³/mol. The number of carbonyl (C=O) groups is 1. The highest BCUT2D eigenvalue weighted by Crippen LogP contribution is 2.32. The maximum atomic E-state index is 13.0. The van der Waals surface area contributed by atoms with Crippen LogP contribution in [0.25, 0.3) is 11.0 Å². The maximum absolute atomic E-state index is 13.0. The minimum absolute atomic E-state index is 0.196. The van der Waals surface area contributed by atoms with Crippen molar-refractivity contribution in [2.24, 2.45) is 7.05 Å². The molecule has 130 valence electrons. The summed E-state index contributed by atoms with van der Waals surface area (Å²) in [6.45, 7) is 0.584. The number of imidazole rings is 1. The molecule has 1 aromatic carbocycles. The van der Waals surface area contributed by atoms with Crippen LogP contribution >= 0.6 is 0 Å². The van der Waals surface area contributed by atoms with Gasteiger partial charge in [-0.3, -0.25) is 4.79 Å². The first-order valence-electron chi connectivity index (χ1n) is 7.88. The molecule has 3 aromatic rings. The van der Waals surface area contributed by atoms with Gasteiger partial charge >= 0.3 is 0 Å². The van der Waals surface area contributed by atoms with E-state index in [1.54, 1.807) is 23.1 Å². The van der Waals surface area contributed by atoms with Gasteiger partial charge in [0.1, 0.15) is 0 Å². The van der Waals surface area contributed by atoms with Crippen molar-refractivity contribution < 1.29 is 18.1 Å². The molecule has 0 radical (unpaired) electrons. The van der Waals surface area contributed by atoms with Gasteiger partial charge in [-0.05, 0) is 31.0 Å². The van der Waals surface area contributed by atoms with Crippen LogP contribution in [0, 0.1) is 0 Å². The SMILES string of the molecule is Cn1c(C(F)F)nc2cc(C(=O)N3CCCC3c3ncon3)ccc21. The van der Waals surface area contributed by atoms with E-state index in [0.717, 1.165) is 12.8 Å². The monoisotopic (exact) mass is 347 g/mol. The van der Waals surface area contributed by atoms with E-state index < -0.39 is 6.43 Å². The molecule has 0 spiro atoms. The standard InChI is InChI=1S/C16H15F2N5O2/c1-22-11-5-4-9(7-10(11)20-15(22)13(17)18)16(24)23-6-2-3-12(23)14-19-8-25-21-14/h4-5,7-8,12-13H,2-3,6H2,1H3. The molecular formula is C16H15F2N5O2. The highest BCUT2D eigenvalue weighted by molar-refractivity contribution is 5.97. The quantitative estimate of drug-likeness (QED) is 0.728. The number of amides is 1. The highest BCUT2D eigenvalue weighted by Gasteiger charge is 2.33. The van der Waals surface area contributed by atoms with Gasteiger partial charge in [-0.2, -0.15) is 4.98 Å². The van der Waals surface area contributed by atoms with E-state index in [1.807, 2.05) is 0 Å². The number of hydrogen-bond donors (Lipinski definition) is 0. The first-order chi connectivity index (χ1) is 12.1. The van der Waals surface area contributed by atoms with Gasteiger partial charge in [0.2, 0.25) is 6.39 Å². The number of aryl methyl sites for hydroxylation is 1. The largest absolute Gasteiger partial charge is 0.343 e. The fourth-order valence-corrected chi connectivity index (χ4v) is 3.32. The van der Waals surface area contributed by atoms with E-state index in [2.05, 4.69) is 15.1 Å². The lowest BCUT2D eigenvalue weighted by atomic mass is 10.1. The molecule has 1 saturated heterocycles. The Hall–Kier alpha value is -2.84. The van der Waals surface area contributed by atoms with Crippen LogP contribution in [0.4, 0.5) is 8.78 Å². The molecule has 4 rings (SSSR count). The number of rotatable bonds is 3. The van der Waals surface area contributed by atoms with Crippen LogP contribution in [0.2, 0.25) is 0 Å². The summed E-state index contributed by atoms with van der Waals surface area (Å²) in [4.78, 5) is 22.6. The van der Waals surface area contributed by atoms with Gasteiger partial charge < -0.3 is 14.0 Å². The Morgan fingerprint density at radius 2 is 2.24 bits per heavy atom. The number of hydrogen-bond acceptors (Lipinski definition) is 5. The van der Waals surface area contributed by atoms with Crippen LogP contribution in [0.15, 0.2) is 29.1 Å². The molecule has 1 aliphatic heterocycles. The molecular weight excluding hydrogens is 332 g/mol. The van der Waals surface area contributed by atoms with Crippen molar-refractivity contribution in [1.29, 1.82) is 0 Å². The second kappa shape index (κ2) is 5.91. The van der Waals surface area contributed by atoms with Crippen LogP contribution in [0.5, 0.6) is 0 Å². The van der Waals surface area contributed by atoms with Crippen LogP contribution in [0.3, 0.4) is 0 Å². The number of carbonyl (C=O) groups excluding carboxylic acids is 1. The van der Waals surface area contributed by atoms with Crippen molar-refractivity contribution in [1.82, 2.24) is 24.6 Å². The number of halogens is 2. The zero-order valence-electron chi connectivity index (χ0n) is 13.4. The summed E-state index contributed by atoms with van der Waals surface area (Å²) in [5.41, 5.74) is 1.34. The molecule has 3 heterocycles. The van der Waals surface area contributed by atoms with Gasteiger partial charge in [0.05, 0.1) is 17.1 Å². The Morgan fingerprint density at radius 1 is 1.40 bits per heavy atom. The van der Waals surface area contributed by atoms with Gasteiger partial charge in [-0.25, -0.2) is 13.8 Å². The van der Waals surface area contributed by atoms with Crippen molar-refractivity contribution in [3.05, 3.63) is 41.8 Å². The summed E-state index contributed by atoms with van der Waals surface area (Å²) in [6.07, 6.45) is 0.166. The average molecular weight is 347 g/mol. The van der Waals surface area contributed by atoms with Gasteiger partial charge in [0.25, 0.3) is 12.3 Å². The minimum Gasteiger partial charge on any atom is -0.343 e. The van der Waals surface area contributed by atoms with Gasteiger partial charge in [-0.15, -0.1) is 0 Å². The molecule has 0 N–H and O–H groups in total. The number of alkyl halides is 2. The molecule has 1 fully saturated rings. The number of likely N-dealkylation sites (tertiary alicyclic amines) is 1. The molecule has 25 heavy (non-hydrogen) atoms. The lowest BCUT2D eigenvalue weighted by molar-refractivity contribution is 0.0728. The van der Waals surface area contributed by atoms with E-state index in [9.17, 15) is 13.6 Å². The van der Waals surface area contributed by atoms with E-state index in [-0.39, 0.29) is 17.8 Å². The molecule has 0 saturated carbocycles. The van der Waals surface area contributed by atoms with Crippen molar-refractivity contribution in [3.8, 4) is 0 Å². The number of benzene rings is 1. The summed E-state index contributed by atoms with van der Waals surface area (Å²) < 4.78 is 32.1. The third kappa shape index (κ3) is 2.55. The van der Waals surface area contributed by atoms with Crippen LogP contribution < -0.4 is 0 Å². The zero-order valence-corrected chi connectivity index (χ0v) is 13.4. The van der Waals surface area contributed by atoms with Crippen molar-refractivity contribution in [2.75, 3.05) is 6.54 Å². The lowest BCUT2D eigenvalue weighted by Gasteiger charge is -2.22. The lowest BCUT2D eigenvalue weighted by Crippen LogP contribution is -2.31. The van der Waals surface area contributed by atoms with E-state index in [0.29, 0.717) is 29.0 Å². The van der Waals surface area contributed by atoms with Gasteiger partial charge in [0.15, 0.2) is 11.6 Å². The normalized spacial score (nSPS) is 17.8. The Balaban J connectivity index is 1.68. The van der Waals surface area contributed by atoms with Crippen LogP contribution in [0.1, 0.15) is 47.3 Å². The average Bonchev–Trinajstić information content (AvgIpc) is 3.33. The molecule has 0 aliphatic carbocycles. The molecule has 7 nitrogen and oxygen atoms in total. The van der Waals surface area contributed by atoms with Crippen LogP contribution in [-0.2, 0) is 7.05 Å².